The second-order valence-electron chi connectivity index (χ2n) is 6.88. The molecule has 2 atom stereocenters. The van der Waals surface area contributed by atoms with E-state index in [1.807, 2.05) is 4.90 Å². The molecule has 0 amide bonds. The first-order valence-corrected chi connectivity index (χ1v) is 10.1. The molecule has 0 bridgehead atoms. The van der Waals surface area contributed by atoms with Crippen LogP contribution in [0.25, 0.3) is 0 Å². The van der Waals surface area contributed by atoms with E-state index in [1.54, 1.807) is 12.3 Å². The molecule has 1 aromatic rings. The summed E-state index contributed by atoms with van der Waals surface area (Å²) in [6.07, 6.45) is 5.43. The van der Waals surface area contributed by atoms with E-state index in [4.69, 9.17) is 4.74 Å². The third-order valence-corrected chi connectivity index (χ3v) is 6.10. The number of allylic oxidation sites excluding steroid dienone is 2. The highest BCUT2D eigenvalue weighted by molar-refractivity contribution is 8.00. The van der Waals surface area contributed by atoms with E-state index < -0.39 is 29.5 Å². The average molecular weight is 413 g/mol. The van der Waals surface area contributed by atoms with Crippen LogP contribution in [0.2, 0.25) is 0 Å². The van der Waals surface area contributed by atoms with Crippen molar-refractivity contribution < 1.29 is 27.8 Å². The molecular formula is C20H22F3NO3S. The Morgan fingerprint density at radius 1 is 1.32 bits per heavy atom. The fourth-order valence-corrected chi connectivity index (χ4v) is 4.58. The van der Waals surface area contributed by atoms with E-state index in [2.05, 4.69) is 0 Å². The molecule has 1 aromatic carbocycles. The molecule has 0 spiro atoms. The molecule has 1 saturated heterocycles. The van der Waals surface area contributed by atoms with Gasteiger partial charge in [-0.1, -0.05) is 12.1 Å². The zero-order valence-corrected chi connectivity index (χ0v) is 16.0. The van der Waals surface area contributed by atoms with Crippen molar-refractivity contribution in [3.05, 3.63) is 59.6 Å². The summed E-state index contributed by atoms with van der Waals surface area (Å²) in [6.45, 7) is 1.93. The fourth-order valence-electron chi connectivity index (χ4n) is 3.28. The number of nitrogens with zero attached hydrogens (tertiary/aromatic N) is 1. The van der Waals surface area contributed by atoms with Gasteiger partial charge >= 0.3 is 5.97 Å². The standard InChI is InChI=1S/C20H22F3NO3S/c21-16-5-3-15(4-6-16)20(22,23)8-11-28-18-17(19(25)26)2-1-9-24(18)12-14-7-10-27-13-14/h1-6,9,14,18H,7-8,10-13H2,(H,25,26). The molecule has 152 valence electrons. The minimum absolute atomic E-state index is 0.0607. The van der Waals surface area contributed by atoms with Crippen LogP contribution in [-0.4, -0.2) is 46.9 Å². The summed E-state index contributed by atoms with van der Waals surface area (Å²) in [4.78, 5) is 13.5. The first-order chi connectivity index (χ1) is 13.4. The number of ether oxygens (including phenoxy) is 1. The number of carbonyl (C=O) groups is 1. The monoisotopic (exact) mass is 413 g/mol. The number of benzene rings is 1. The Morgan fingerprint density at radius 3 is 2.71 bits per heavy atom. The molecule has 2 aliphatic heterocycles. The number of thioether (sulfide) groups is 1. The number of carboxylic acid groups (broad SMARTS) is 1. The Kier molecular flexibility index (Phi) is 6.72. The lowest BCUT2D eigenvalue weighted by atomic mass is 10.1. The van der Waals surface area contributed by atoms with Gasteiger partial charge in [0.2, 0.25) is 0 Å². The van der Waals surface area contributed by atoms with Crippen LogP contribution in [0.1, 0.15) is 18.4 Å². The van der Waals surface area contributed by atoms with Gasteiger partial charge in [0.15, 0.2) is 0 Å². The van der Waals surface area contributed by atoms with Crippen molar-refractivity contribution >= 4 is 17.7 Å². The quantitative estimate of drug-likeness (QED) is 0.691. The lowest BCUT2D eigenvalue weighted by Gasteiger charge is -2.34. The van der Waals surface area contributed by atoms with Crippen molar-refractivity contribution in [1.29, 1.82) is 0 Å². The van der Waals surface area contributed by atoms with Crippen molar-refractivity contribution in [3.63, 3.8) is 0 Å². The molecule has 1 N–H and O–H groups in total. The molecule has 8 heteroatoms. The Balaban J connectivity index is 1.64. The summed E-state index contributed by atoms with van der Waals surface area (Å²) >= 11 is 1.18. The van der Waals surface area contributed by atoms with Gasteiger partial charge < -0.3 is 14.7 Å². The summed E-state index contributed by atoms with van der Waals surface area (Å²) in [7, 11) is 0. The zero-order chi connectivity index (χ0) is 20.1. The van der Waals surface area contributed by atoms with Gasteiger partial charge in [-0.25, -0.2) is 18.0 Å². The minimum atomic E-state index is -3.11. The molecular weight excluding hydrogens is 391 g/mol. The predicted octanol–water partition coefficient (Wildman–Crippen LogP) is 4.24. The maximum absolute atomic E-state index is 14.4. The molecule has 28 heavy (non-hydrogen) atoms. The van der Waals surface area contributed by atoms with E-state index in [-0.39, 0.29) is 16.9 Å². The van der Waals surface area contributed by atoms with E-state index in [1.165, 1.54) is 17.8 Å². The summed E-state index contributed by atoms with van der Waals surface area (Å²) in [5.41, 5.74) is -0.0662. The SMILES string of the molecule is O=C(O)C1=CC=CN(CC2CCOC2)C1SCCC(F)(F)c1ccc(F)cc1. The normalized spacial score (nSPS) is 22.4. The third-order valence-electron chi connectivity index (χ3n) is 4.82. The van der Waals surface area contributed by atoms with Gasteiger partial charge in [-0.3, -0.25) is 0 Å². The van der Waals surface area contributed by atoms with Crippen LogP contribution in [0.4, 0.5) is 13.2 Å². The van der Waals surface area contributed by atoms with Crippen molar-refractivity contribution in [2.45, 2.75) is 24.1 Å². The first-order valence-electron chi connectivity index (χ1n) is 9.07. The predicted molar refractivity (Wildman–Crippen MR) is 102 cm³/mol. The minimum Gasteiger partial charge on any atom is -0.478 e. The maximum atomic E-state index is 14.4. The van der Waals surface area contributed by atoms with Crippen molar-refractivity contribution in [2.75, 3.05) is 25.5 Å². The third kappa shape index (κ3) is 5.11. The number of hydrogen-bond donors (Lipinski definition) is 1. The molecule has 2 unspecified atom stereocenters. The van der Waals surface area contributed by atoms with Crippen LogP contribution in [0, 0.1) is 11.7 Å². The van der Waals surface area contributed by atoms with Gasteiger partial charge in [0.05, 0.1) is 12.2 Å². The fraction of sp³-hybridized carbons (Fsp3) is 0.450. The number of carboxylic acids is 1. The van der Waals surface area contributed by atoms with E-state index in [0.29, 0.717) is 25.7 Å². The van der Waals surface area contributed by atoms with Crippen molar-refractivity contribution in [2.24, 2.45) is 5.92 Å². The van der Waals surface area contributed by atoms with Crippen LogP contribution in [0.5, 0.6) is 0 Å². The number of rotatable bonds is 8. The lowest BCUT2D eigenvalue weighted by Crippen LogP contribution is -2.38. The average Bonchev–Trinajstić information content (AvgIpc) is 3.16. The lowest BCUT2D eigenvalue weighted by molar-refractivity contribution is -0.133. The maximum Gasteiger partial charge on any atom is 0.334 e. The van der Waals surface area contributed by atoms with Crippen LogP contribution in [0.15, 0.2) is 48.2 Å². The van der Waals surface area contributed by atoms with Gasteiger partial charge in [-0.15, -0.1) is 11.8 Å². The molecule has 0 aromatic heterocycles. The molecule has 0 radical (unpaired) electrons. The van der Waals surface area contributed by atoms with Gasteiger partial charge in [0, 0.05) is 43.0 Å². The van der Waals surface area contributed by atoms with Crippen LogP contribution in [0.3, 0.4) is 0 Å². The Morgan fingerprint density at radius 2 is 2.07 bits per heavy atom. The van der Waals surface area contributed by atoms with E-state index in [9.17, 15) is 23.1 Å². The molecule has 0 saturated carbocycles. The van der Waals surface area contributed by atoms with E-state index in [0.717, 1.165) is 30.7 Å². The molecule has 3 rings (SSSR count). The van der Waals surface area contributed by atoms with Gasteiger partial charge in [-0.2, -0.15) is 0 Å². The van der Waals surface area contributed by atoms with Gasteiger partial charge in [0.1, 0.15) is 11.2 Å². The van der Waals surface area contributed by atoms with Crippen LogP contribution < -0.4 is 0 Å². The number of hydrogen-bond acceptors (Lipinski definition) is 4. The molecule has 0 aliphatic carbocycles. The first kappa shape index (κ1) is 20.8. The smallest absolute Gasteiger partial charge is 0.334 e. The van der Waals surface area contributed by atoms with Crippen LogP contribution in [-0.2, 0) is 15.5 Å². The van der Waals surface area contributed by atoms with Gasteiger partial charge in [-0.05, 0) is 30.7 Å². The highest BCUT2D eigenvalue weighted by Gasteiger charge is 2.34. The second kappa shape index (κ2) is 9.05. The Labute approximate surface area is 166 Å². The Hall–Kier alpha value is -1.93. The number of alkyl halides is 2. The summed E-state index contributed by atoms with van der Waals surface area (Å²) in [6, 6.07) is 4.19. The highest BCUT2D eigenvalue weighted by Crippen LogP contribution is 2.36. The largest absolute Gasteiger partial charge is 0.478 e. The summed E-state index contributed by atoms with van der Waals surface area (Å²) < 4.78 is 47.2. The number of halogens is 3. The molecule has 2 heterocycles. The van der Waals surface area contributed by atoms with Crippen molar-refractivity contribution in [3.8, 4) is 0 Å². The van der Waals surface area contributed by atoms with Crippen molar-refractivity contribution in [1.82, 2.24) is 4.90 Å². The van der Waals surface area contributed by atoms with E-state index >= 15 is 0 Å². The topological polar surface area (TPSA) is 49.8 Å². The number of aliphatic carboxylic acids is 1. The zero-order valence-electron chi connectivity index (χ0n) is 15.2. The van der Waals surface area contributed by atoms with Crippen LogP contribution >= 0.6 is 11.8 Å². The second-order valence-corrected chi connectivity index (χ2v) is 8.07. The Bertz CT molecular complexity index is 746. The highest BCUT2D eigenvalue weighted by atomic mass is 32.2. The van der Waals surface area contributed by atoms with Gasteiger partial charge in [0.25, 0.3) is 5.92 Å². The summed E-state index contributed by atoms with van der Waals surface area (Å²) in [5, 5.41) is 8.96. The molecule has 1 fully saturated rings. The molecule has 4 nitrogen and oxygen atoms in total. The molecule has 2 aliphatic rings. The summed E-state index contributed by atoms with van der Waals surface area (Å²) in [5.74, 6) is -4.37.